The summed E-state index contributed by atoms with van der Waals surface area (Å²) in [5.74, 6) is -0.0124. The number of ether oxygens (including phenoxy) is 2. The van der Waals surface area contributed by atoms with Gasteiger partial charge in [0.2, 0.25) is 0 Å². The SMILES string of the molecule is CC(C)(C)OC(=O)Nc1cccc(OC(=O)CCCCCCCO[N+](=O)[O-])c1. The molecule has 0 saturated carbocycles. The summed E-state index contributed by atoms with van der Waals surface area (Å²) in [4.78, 5) is 37.9. The molecule has 0 saturated heterocycles. The Labute approximate surface area is 164 Å². The Morgan fingerprint density at radius 2 is 1.79 bits per heavy atom. The zero-order chi connectivity index (χ0) is 21.0. The van der Waals surface area contributed by atoms with Gasteiger partial charge in [-0.15, -0.1) is 10.1 Å². The number of benzene rings is 1. The van der Waals surface area contributed by atoms with Crippen LogP contribution in [0.5, 0.6) is 5.75 Å². The molecule has 1 aromatic carbocycles. The summed E-state index contributed by atoms with van der Waals surface area (Å²) in [5, 5.41) is 11.8. The summed E-state index contributed by atoms with van der Waals surface area (Å²) in [6.07, 6.45) is 3.47. The Bertz CT molecular complexity index is 656. The lowest BCUT2D eigenvalue weighted by Crippen LogP contribution is -2.27. The zero-order valence-electron chi connectivity index (χ0n) is 16.6. The molecular weight excluding hydrogens is 368 g/mol. The third-order valence-corrected chi connectivity index (χ3v) is 3.43. The highest BCUT2D eigenvalue weighted by molar-refractivity contribution is 5.85. The second kappa shape index (κ2) is 11.8. The smallest absolute Gasteiger partial charge is 0.412 e. The van der Waals surface area contributed by atoms with Gasteiger partial charge in [0, 0.05) is 18.2 Å². The van der Waals surface area contributed by atoms with Crippen molar-refractivity contribution in [1.82, 2.24) is 0 Å². The molecule has 0 aromatic heterocycles. The third kappa shape index (κ3) is 11.7. The van der Waals surface area contributed by atoms with Crippen LogP contribution in [0.3, 0.4) is 0 Å². The van der Waals surface area contributed by atoms with E-state index in [0.29, 0.717) is 24.3 Å². The van der Waals surface area contributed by atoms with Gasteiger partial charge in [0.1, 0.15) is 11.4 Å². The van der Waals surface area contributed by atoms with E-state index in [4.69, 9.17) is 9.47 Å². The molecule has 0 unspecified atom stereocenters. The predicted molar refractivity (Wildman–Crippen MR) is 103 cm³/mol. The molecule has 0 aliphatic rings. The first-order valence-electron chi connectivity index (χ1n) is 9.24. The van der Waals surface area contributed by atoms with Crippen molar-refractivity contribution in [1.29, 1.82) is 0 Å². The van der Waals surface area contributed by atoms with Gasteiger partial charge in [-0.2, -0.15) is 0 Å². The predicted octanol–water partition coefficient (Wildman–Crippen LogP) is 4.49. The average molecular weight is 396 g/mol. The molecule has 1 amide bonds. The summed E-state index contributed by atoms with van der Waals surface area (Å²) in [5.41, 5.74) is -0.135. The van der Waals surface area contributed by atoms with E-state index >= 15 is 0 Å². The lowest BCUT2D eigenvalue weighted by Gasteiger charge is -2.19. The fraction of sp³-hybridized carbons (Fsp3) is 0.579. The minimum Gasteiger partial charge on any atom is -0.444 e. The van der Waals surface area contributed by atoms with Crippen molar-refractivity contribution in [2.75, 3.05) is 11.9 Å². The molecule has 0 heterocycles. The van der Waals surface area contributed by atoms with Crippen LogP contribution >= 0.6 is 0 Å². The average Bonchev–Trinajstić information content (AvgIpc) is 2.55. The molecule has 0 spiro atoms. The first-order valence-corrected chi connectivity index (χ1v) is 9.24. The van der Waals surface area contributed by atoms with Crippen LogP contribution in [0.4, 0.5) is 10.5 Å². The van der Waals surface area contributed by atoms with E-state index in [-0.39, 0.29) is 19.0 Å². The van der Waals surface area contributed by atoms with Crippen LogP contribution in [-0.2, 0) is 14.4 Å². The molecule has 1 rings (SSSR count). The number of unbranched alkanes of at least 4 members (excludes halogenated alkanes) is 4. The van der Waals surface area contributed by atoms with Gasteiger partial charge in [-0.3, -0.25) is 10.1 Å². The lowest BCUT2D eigenvalue weighted by molar-refractivity contribution is -0.757. The number of anilines is 1. The van der Waals surface area contributed by atoms with Gasteiger partial charge < -0.3 is 14.3 Å². The number of nitrogens with zero attached hydrogens (tertiary/aromatic N) is 1. The molecule has 0 fully saturated rings. The quantitative estimate of drug-likeness (QED) is 0.192. The number of carbonyl (C=O) groups excluding carboxylic acids is 2. The van der Waals surface area contributed by atoms with Gasteiger partial charge in [0.15, 0.2) is 0 Å². The maximum Gasteiger partial charge on any atom is 0.412 e. The van der Waals surface area contributed by atoms with E-state index in [1.165, 1.54) is 0 Å². The molecule has 0 aliphatic heterocycles. The van der Waals surface area contributed by atoms with Gasteiger partial charge in [0.05, 0.1) is 6.61 Å². The van der Waals surface area contributed by atoms with Crippen LogP contribution in [0.15, 0.2) is 24.3 Å². The zero-order valence-corrected chi connectivity index (χ0v) is 16.6. The van der Waals surface area contributed by atoms with E-state index < -0.39 is 16.8 Å². The molecule has 0 radical (unpaired) electrons. The van der Waals surface area contributed by atoms with Crippen molar-refractivity contribution >= 4 is 17.7 Å². The standard InChI is InChI=1S/C19H28N2O7/c1-19(2,3)28-18(23)20-15-10-9-11-16(14-15)27-17(22)12-7-5-4-6-8-13-26-21(24)25/h9-11,14H,4-8,12-13H2,1-3H3,(H,20,23). The van der Waals surface area contributed by atoms with E-state index in [1.54, 1.807) is 45.0 Å². The number of nitrogens with one attached hydrogen (secondary N) is 1. The topological polar surface area (TPSA) is 117 Å². The summed E-state index contributed by atoms with van der Waals surface area (Å²) in [7, 11) is 0. The van der Waals surface area contributed by atoms with E-state index in [1.807, 2.05) is 0 Å². The van der Waals surface area contributed by atoms with Crippen molar-refractivity contribution in [3.63, 3.8) is 0 Å². The van der Waals surface area contributed by atoms with Crippen molar-refractivity contribution in [3.05, 3.63) is 34.4 Å². The van der Waals surface area contributed by atoms with Gasteiger partial charge in [0.25, 0.3) is 5.09 Å². The lowest BCUT2D eigenvalue weighted by atomic mass is 10.1. The summed E-state index contributed by atoms with van der Waals surface area (Å²) in [6, 6.07) is 6.52. The Morgan fingerprint density at radius 1 is 1.11 bits per heavy atom. The van der Waals surface area contributed by atoms with Crippen LogP contribution in [0.2, 0.25) is 0 Å². The van der Waals surface area contributed by atoms with E-state index in [9.17, 15) is 19.7 Å². The molecule has 0 atom stereocenters. The molecule has 9 nitrogen and oxygen atoms in total. The molecule has 156 valence electrons. The molecule has 0 aliphatic carbocycles. The number of carbonyl (C=O) groups is 2. The highest BCUT2D eigenvalue weighted by Gasteiger charge is 2.16. The van der Waals surface area contributed by atoms with E-state index in [2.05, 4.69) is 10.2 Å². The van der Waals surface area contributed by atoms with Crippen LogP contribution in [0.1, 0.15) is 59.3 Å². The molecule has 0 bridgehead atoms. The number of hydrogen-bond donors (Lipinski definition) is 1. The Morgan fingerprint density at radius 3 is 2.46 bits per heavy atom. The van der Waals surface area contributed by atoms with Crippen molar-refractivity contribution < 1.29 is 29.0 Å². The second-order valence-electron chi connectivity index (χ2n) is 7.20. The highest BCUT2D eigenvalue weighted by atomic mass is 16.9. The Hall–Kier alpha value is -2.84. The van der Waals surface area contributed by atoms with Crippen molar-refractivity contribution in [2.24, 2.45) is 0 Å². The first kappa shape index (κ1) is 23.2. The van der Waals surface area contributed by atoms with Crippen molar-refractivity contribution in [3.8, 4) is 5.75 Å². The summed E-state index contributed by atoms with van der Waals surface area (Å²) >= 11 is 0. The second-order valence-corrected chi connectivity index (χ2v) is 7.20. The maximum absolute atomic E-state index is 11.9. The van der Waals surface area contributed by atoms with Crippen LogP contribution in [0.25, 0.3) is 0 Å². The number of esters is 1. The van der Waals surface area contributed by atoms with Gasteiger partial charge in [-0.1, -0.05) is 25.3 Å². The largest absolute Gasteiger partial charge is 0.444 e. The highest BCUT2D eigenvalue weighted by Crippen LogP contribution is 2.19. The minimum atomic E-state index is -0.798. The van der Waals surface area contributed by atoms with Gasteiger partial charge in [-0.05, 0) is 45.7 Å². The fourth-order valence-corrected chi connectivity index (χ4v) is 2.28. The molecule has 1 aromatic rings. The number of amides is 1. The van der Waals surface area contributed by atoms with Crippen LogP contribution in [0, 0.1) is 10.1 Å². The number of rotatable bonds is 11. The van der Waals surface area contributed by atoms with Gasteiger partial charge in [-0.25, -0.2) is 4.79 Å². The maximum atomic E-state index is 11.9. The Balaban J connectivity index is 2.27. The monoisotopic (exact) mass is 396 g/mol. The molecule has 28 heavy (non-hydrogen) atoms. The first-order chi connectivity index (χ1) is 13.2. The summed E-state index contributed by atoms with van der Waals surface area (Å²) < 4.78 is 10.5. The molecular formula is C19H28N2O7. The van der Waals surface area contributed by atoms with Crippen LogP contribution in [-0.4, -0.2) is 29.4 Å². The normalized spacial score (nSPS) is 10.8. The van der Waals surface area contributed by atoms with Crippen molar-refractivity contribution in [2.45, 2.75) is 64.9 Å². The molecule has 9 heteroatoms. The Kier molecular flexibility index (Phi) is 9.76. The molecule has 1 N–H and O–H groups in total. The third-order valence-electron chi connectivity index (χ3n) is 3.43. The van der Waals surface area contributed by atoms with Crippen LogP contribution < -0.4 is 10.1 Å². The fourth-order valence-electron chi connectivity index (χ4n) is 2.28. The minimum absolute atomic E-state index is 0.0999. The van der Waals surface area contributed by atoms with Gasteiger partial charge >= 0.3 is 12.1 Å². The number of hydrogen-bond acceptors (Lipinski definition) is 7. The van der Waals surface area contributed by atoms with E-state index in [0.717, 1.165) is 19.3 Å². The summed E-state index contributed by atoms with van der Waals surface area (Å²) in [6.45, 7) is 5.41.